The Kier molecular flexibility index (Phi) is 22.3. The highest BCUT2D eigenvalue weighted by Gasteiger charge is 1.93. The molecule has 0 aliphatic rings. The maximum Gasteiger partial charge on any atom is 0.234 e. The molecule has 0 fully saturated rings. The van der Waals surface area contributed by atoms with E-state index in [9.17, 15) is 4.79 Å². The van der Waals surface area contributed by atoms with Crippen LogP contribution in [-0.2, 0) is 4.79 Å². The molecule has 0 aromatic carbocycles. The number of nitrogens with zero attached hydrogens (tertiary/aromatic N) is 1. The number of hydrogen-bond acceptors (Lipinski definition) is 2. The van der Waals surface area contributed by atoms with Gasteiger partial charge in [0.25, 0.3) is 0 Å². The lowest BCUT2D eigenvalue weighted by Crippen LogP contribution is -1.84. The predicted octanol–water partition coefficient (Wildman–Crippen LogP) is 7.92. The van der Waals surface area contributed by atoms with Crippen LogP contribution in [0.1, 0.15) is 122 Å². The van der Waals surface area contributed by atoms with Gasteiger partial charge in [-0.05, 0) is 32.1 Å². The van der Waals surface area contributed by atoms with E-state index in [1.165, 1.54) is 109 Å². The Bertz CT molecular complexity index is 318. The van der Waals surface area contributed by atoms with Crippen LogP contribution in [0.2, 0.25) is 0 Å². The molecule has 0 bridgehead atoms. The van der Waals surface area contributed by atoms with Gasteiger partial charge in [-0.3, -0.25) is 0 Å². The fourth-order valence-electron chi connectivity index (χ4n) is 3.19. The Hall–Kier alpha value is -0.880. The molecule has 0 aromatic heterocycles. The first-order valence-corrected chi connectivity index (χ1v) is 11.1. The smallest absolute Gasteiger partial charge is 0.211 e. The number of carbonyl (C=O) groups excluding carboxylic acids is 1. The second-order valence-electron chi connectivity index (χ2n) is 7.33. The molecule has 0 atom stereocenters. The van der Waals surface area contributed by atoms with Gasteiger partial charge in [0.05, 0.1) is 6.54 Å². The van der Waals surface area contributed by atoms with E-state index >= 15 is 0 Å². The lowest BCUT2D eigenvalue weighted by molar-refractivity contribution is 0.550. The first-order chi connectivity index (χ1) is 12.4. The number of allylic oxidation sites excluding steroid dienone is 2. The molecule has 0 N–H and O–H groups in total. The highest BCUT2D eigenvalue weighted by Crippen LogP contribution is 2.12. The molecular formula is C23H43NO. The number of rotatable bonds is 20. The Morgan fingerprint density at radius 1 is 0.600 bits per heavy atom. The van der Waals surface area contributed by atoms with Crippen LogP contribution in [0.4, 0.5) is 0 Å². The van der Waals surface area contributed by atoms with Crippen molar-refractivity contribution in [2.75, 3.05) is 6.54 Å². The van der Waals surface area contributed by atoms with Crippen LogP contribution in [0.3, 0.4) is 0 Å². The van der Waals surface area contributed by atoms with Crippen molar-refractivity contribution in [1.82, 2.24) is 0 Å². The van der Waals surface area contributed by atoms with Crippen molar-refractivity contribution in [3.05, 3.63) is 12.2 Å². The summed E-state index contributed by atoms with van der Waals surface area (Å²) in [5, 5.41) is 0. The summed E-state index contributed by atoms with van der Waals surface area (Å²) in [5.74, 6) is 0. The first kappa shape index (κ1) is 24.1. The lowest BCUT2D eigenvalue weighted by Gasteiger charge is -2.01. The summed E-state index contributed by atoms with van der Waals surface area (Å²) in [6, 6.07) is 0. The third-order valence-corrected chi connectivity index (χ3v) is 4.85. The fraction of sp³-hybridized carbons (Fsp3) is 0.870. The Labute approximate surface area is 157 Å². The Balaban J connectivity index is 3.06. The van der Waals surface area contributed by atoms with Crippen LogP contribution in [0.15, 0.2) is 17.1 Å². The molecule has 0 unspecified atom stereocenters. The number of isocyanates is 1. The highest BCUT2D eigenvalue weighted by atomic mass is 16.1. The fourth-order valence-corrected chi connectivity index (χ4v) is 3.19. The summed E-state index contributed by atoms with van der Waals surface area (Å²) in [4.78, 5) is 13.5. The summed E-state index contributed by atoms with van der Waals surface area (Å²) < 4.78 is 0. The molecule has 0 saturated heterocycles. The van der Waals surface area contributed by atoms with Crippen LogP contribution in [0.25, 0.3) is 0 Å². The largest absolute Gasteiger partial charge is 0.234 e. The number of hydrogen-bond donors (Lipinski definition) is 0. The van der Waals surface area contributed by atoms with Crippen LogP contribution < -0.4 is 0 Å². The molecular weight excluding hydrogens is 306 g/mol. The average molecular weight is 350 g/mol. The SMILES string of the molecule is CCCCCCCC/C=C/CCCCCCCCCCCCN=C=O. The molecule has 146 valence electrons. The van der Waals surface area contributed by atoms with E-state index in [1.807, 2.05) is 0 Å². The number of unbranched alkanes of at least 4 members (excludes halogenated alkanes) is 16. The van der Waals surface area contributed by atoms with E-state index in [1.54, 1.807) is 6.08 Å². The van der Waals surface area contributed by atoms with Crippen molar-refractivity contribution in [1.29, 1.82) is 0 Å². The summed E-state index contributed by atoms with van der Waals surface area (Å²) in [7, 11) is 0. The van der Waals surface area contributed by atoms with Gasteiger partial charge < -0.3 is 0 Å². The van der Waals surface area contributed by atoms with Gasteiger partial charge in [-0.1, -0.05) is 103 Å². The summed E-state index contributed by atoms with van der Waals surface area (Å²) >= 11 is 0. The lowest BCUT2D eigenvalue weighted by atomic mass is 10.1. The maximum absolute atomic E-state index is 9.91. The first-order valence-electron chi connectivity index (χ1n) is 11.1. The van der Waals surface area contributed by atoms with Crippen LogP contribution in [-0.4, -0.2) is 12.6 Å². The van der Waals surface area contributed by atoms with Crippen molar-refractivity contribution >= 4 is 6.08 Å². The third kappa shape index (κ3) is 23.1. The Morgan fingerprint density at radius 3 is 1.44 bits per heavy atom. The maximum atomic E-state index is 9.91. The standard InChI is InChI=1S/C23H43NO/c1-2-3-4-5-6-7-8-9-10-11-12-13-14-15-16-17-18-19-20-21-22-24-23-25/h9-10H,2-8,11-22H2,1H3/b10-9+. The topological polar surface area (TPSA) is 29.4 Å². The van der Waals surface area contributed by atoms with Crippen molar-refractivity contribution in [2.24, 2.45) is 4.99 Å². The zero-order valence-corrected chi connectivity index (χ0v) is 16.9. The second kappa shape index (κ2) is 23.1. The van der Waals surface area contributed by atoms with Gasteiger partial charge in [0.2, 0.25) is 6.08 Å². The molecule has 0 heterocycles. The Morgan fingerprint density at radius 2 is 1.00 bits per heavy atom. The molecule has 2 heteroatoms. The third-order valence-electron chi connectivity index (χ3n) is 4.85. The van der Waals surface area contributed by atoms with E-state index in [4.69, 9.17) is 0 Å². The zero-order chi connectivity index (χ0) is 18.3. The van der Waals surface area contributed by atoms with Crippen LogP contribution in [0.5, 0.6) is 0 Å². The van der Waals surface area contributed by atoms with E-state index in [0.29, 0.717) is 6.54 Å². The molecule has 0 saturated carbocycles. The van der Waals surface area contributed by atoms with Crippen molar-refractivity contribution in [3.8, 4) is 0 Å². The van der Waals surface area contributed by atoms with E-state index in [2.05, 4.69) is 24.1 Å². The second-order valence-corrected chi connectivity index (χ2v) is 7.33. The minimum Gasteiger partial charge on any atom is -0.211 e. The molecule has 0 spiro atoms. The molecule has 0 radical (unpaired) electrons. The molecule has 0 rings (SSSR count). The highest BCUT2D eigenvalue weighted by molar-refractivity contribution is 5.32. The normalized spacial score (nSPS) is 11.1. The number of aliphatic imine (C=N–C) groups is 1. The van der Waals surface area contributed by atoms with Gasteiger partial charge in [0.15, 0.2) is 0 Å². The minimum absolute atomic E-state index is 0.664. The average Bonchev–Trinajstić information content (AvgIpc) is 2.63. The van der Waals surface area contributed by atoms with Crippen LogP contribution >= 0.6 is 0 Å². The van der Waals surface area contributed by atoms with E-state index < -0.39 is 0 Å². The molecule has 25 heavy (non-hydrogen) atoms. The van der Waals surface area contributed by atoms with Gasteiger partial charge >= 0.3 is 0 Å². The zero-order valence-electron chi connectivity index (χ0n) is 16.9. The predicted molar refractivity (Wildman–Crippen MR) is 111 cm³/mol. The van der Waals surface area contributed by atoms with Crippen molar-refractivity contribution < 1.29 is 4.79 Å². The van der Waals surface area contributed by atoms with Crippen molar-refractivity contribution in [3.63, 3.8) is 0 Å². The van der Waals surface area contributed by atoms with E-state index in [0.717, 1.165) is 6.42 Å². The van der Waals surface area contributed by atoms with Gasteiger partial charge in [-0.2, -0.15) is 0 Å². The summed E-state index contributed by atoms with van der Waals surface area (Å²) in [6.45, 7) is 2.94. The van der Waals surface area contributed by atoms with Crippen molar-refractivity contribution in [2.45, 2.75) is 122 Å². The van der Waals surface area contributed by atoms with Gasteiger partial charge in [-0.25, -0.2) is 9.79 Å². The summed E-state index contributed by atoms with van der Waals surface area (Å²) in [5.41, 5.74) is 0. The van der Waals surface area contributed by atoms with E-state index in [-0.39, 0.29) is 0 Å². The molecule has 0 amide bonds. The molecule has 2 nitrogen and oxygen atoms in total. The summed E-state index contributed by atoms with van der Waals surface area (Å²) in [6.07, 6.45) is 30.6. The monoisotopic (exact) mass is 349 g/mol. The molecule has 0 aliphatic heterocycles. The minimum atomic E-state index is 0.664. The van der Waals surface area contributed by atoms with Crippen LogP contribution in [0, 0.1) is 0 Å². The molecule has 0 aliphatic carbocycles. The van der Waals surface area contributed by atoms with Gasteiger partial charge in [-0.15, -0.1) is 0 Å². The molecule has 0 aromatic rings. The van der Waals surface area contributed by atoms with Gasteiger partial charge in [0, 0.05) is 0 Å². The quantitative estimate of drug-likeness (QED) is 0.0949. The van der Waals surface area contributed by atoms with Gasteiger partial charge in [0.1, 0.15) is 0 Å².